The highest BCUT2D eigenvalue weighted by atomic mass is 32.2. The summed E-state index contributed by atoms with van der Waals surface area (Å²) < 4.78 is 31.6. The van der Waals surface area contributed by atoms with E-state index in [0.29, 0.717) is 32.0 Å². The van der Waals surface area contributed by atoms with Crippen LogP contribution in [-0.2, 0) is 14.8 Å². The molecule has 2 fully saturated rings. The van der Waals surface area contributed by atoms with Crippen LogP contribution >= 0.6 is 0 Å². The van der Waals surface area contributed by atoms with Gasteiger partial charge < -0.3 is 14.5 Å². The van der Waals surface area contributed by atoms with Crippen LogP contribution < -0.4 is 4.72 Å². The Morgan fingerprint density at radius 2 is 1.58 bits per heavy atom. The highest BCUT2D eigenvalue weighted by Gasteiger charge is 2.34. The maximum Gasteiger partial charge on any atom is 0.410 e. The zero-order chi connectivity index (χ0) is 18.0. The Hall–Kier alpha value is -0.860. The van der Waals surface area contributed by atoms with Crippen LogP contribution in [0.25, 0.3) is 0 Å². The molecular weight excluding hydrogens is 330 g/mol. The second-order valence-electron chi connectivity index (χ2n) is 7.68. The Morgan fingerprint density at radius 1 is 1.04 bits per heavy atom. The fourth-order valence-electron chi connectivity index (χ4n) is 3.46. The van der Waals surface area contributed by atoms with Gasteiger partial charge in [0.25, 0.3) is 0 Å². The highest BCUT2D eigenvalue weighted by Crippen LogP contribution is 2.24. The van der Waals surface area contributed by atoms with Crippen molar-refractivity contribution in [2.75, 3.05) is 33.2 Å². The predicted octanol–water partition coefficient (Wildman–Crippen LogP) is 1.40. The van der Waals surface area contributed by atoms with E-state index in [1.54, 1.807) is 4.90 Å². The molecule has 0 aliphatic carbocycles. The van der Waals surface area contributed by atoms with E-state index in [-0.39, 0.29) is 11.3 Å². The van der Waals surface area contributed by atoms with Crippen LogP contribution in [0, 0.1) is 0 Å². The van der Waals surface area contributed by atoms with Crippen molar-refractivity contribution in [3.05, 3.63) is 0 Å². The van der Waals surface area contributed by atoms with Crippen molar-refractivity contribution in [1.29, 1.82) is 0 Å². The van der Waals surface area contributed by atoms with Crippen LogP contribution in [0.1, 0.15) is 46.5 Å². The fraction of sp³-hybridized carbons (Fsp3) is 0.938. The topological polar surface area (TPSA) is 79.0 Å². The third-order valence-electron chi connectivity index (χ3n) is 4.83. The van der Waals surface area contributed by atoms with Gasteiger partial charge in [-0.25, -0.2) is 17.9 Å². The minimum atomic E-state index is -3.16. The number of hydrogen-bond acceptors (Lipinski definition) is 5. The molecule has 0 radical (unpaired) electrons. The largest absolute Gasteiger partial charge is 0.444 e. The number of piperidine rings is 2. The van der Waals surface area contributed by atoms with Gasteiger partial charge in [-0.05, 0) is 66.6 Å². The molecule has 0 atom stereocenters. The summed E-state index contributed by atoms with van der Waals surface area (Å²) in [6, 6.07) is 0.432. The molecule has 7 nitrogen and oxygen atoms in total. The third kappa shape index (κ3) is 5.07. The van der Waals surface area contributed by atoms with Crippen LogP contribution in [0.5, 0.6) is 0 Å². The van der Waals surface area contributed by atoms with E-state index < -0.39 is 15.6 Å². The van der Waals surface area contributed by atoms with Crippen LogP contribution in [0.3, 0.4) is 0 Å². The van der Waals surface area contributed by atoms with Crippen LogP contribution in [0.4, 0.5) is 4.79 Å². The first kappa shape index (κ1) is 19.5. The average Bonchev–Trinajstić information content (AvgIpc) is 2.53. The molecule has 1 N–H and O–H groups in total. The minimum Gasteiger partial charge on any atom is -0.444 e. The fourth-order valence-corrected chi connectivity index (χ4v) is 4.62. The molecule has 0 saturated carbocycles. The zero-order valence-corrected chi connectivity index (χ0v) is 16.1. The van der Waals surface area contributed by atoms with E-state index in [9.17, 15) is 13.2 Å². The lowest BCUT2D eigenvalue weighted by Gasteiger charge is -2.41. The molecule has 0 aromatic rings. The maximum absolute atomic E-state index is 12.1. The molecule has 1 amide bonds. The van der Waals surface area contributed by atoms with Gasteiger partial charge in [-0.2, -0.15) is 0 Å². The molecule has 0 bridgehead atoms. The standard InChI is InChI=1S/C16H31N3O4S/c1-16(2,3)23-15(20)19-9-5-13(6-10-19)18-11-7-14(8-12-18)24(21,22)17-4/h13-14,17H,5-12H2,1-4H3. The molecule has 140 valence electrons. The molecule has 2 rings (SSSR count). The van der Waals surface area contributed by atoms with E-state index in [1.807, 2.05) is 20.8 Å². The summed E-state index contributed by atoms with van der Waals surface area (Å²) in [6.07, 6.45) is 2.95. The Morgan fingerprint density at radius 3 is 2.04 bits per heavy atom. The lowest BCUT2D eigenvalue weighted by molar-refractivity contribution is 0.0131. The van der Waals surface area contributed by atoms with Crippen molar-refractivity contribution < 1.29 is 17.9 Å². The number of carbonyl (C=O) groups is 1. The zero-order valence-electron chi connectivity index (χ0n) is 15.2. The van der Waals surface area contributed by atoms with Gasteiger partial charge in [0.05, 0.1) is 5.25 Å². The minimum absolute atomic E-state index is 0.236. The Bertz CT molecular complexity index is 528. The first-order valence-electron chi connectivity index (χ1n) is 8.77. The van der Waals surface area contributed by atoms with Gasteiger partial charge in [-0.3, -0.25) is 0 Å². The third-order valence-corrected chi connectivity index (χ3v) is 6.75. The number of hydrogen-bond donors (Lipinski definition) is 1. The Balaban J connectivity index is 1.79. The molecule has 0 unspecified atom stereocenters. The number of sulfonamides is 1. The van der Waals surface area contributed by atoms with Crippen molar-refractivity contribution in [1.82, 2.24) is 14.5 Å². The lowest BCUT2D eigenvalue weighted by atomic mass is 10.00. The van der Waals surface area contributed by atoms with Gasteiger partial charge in [0.2, 0.25) is 10.0 Å². The summed E-state index contributed by atoms with van der Waals surface area (Å²) in [4.78, 5) is 16.3. The number of carbonyl (C=O) groups excluding carboxylic acids is 1. The summed E-state index contributed by atoms with van der Waals surface area (Å²) in [5.74, 6) is 0. The molecular formula is C16H31N3O4S. The number of amides is 1. The lowest BCUT2D eigenvalue weighted by Crippen LogP contribution is -2.51. The van der Waals surface area contributed by atoms with Crippen molar-refractivity contribution >= 4 is 16.1 Å². The summed E-state index contributed by atoms with van der Waals surface area (Å²) in [5, 5.41) is -0.277. The van der Waals surface area contributed by atoms with Gasteiger partial charge in [0.15, 0.2) is 0 Å². The van der Waals surface area contributed by atoms with Crippen molar-refractivity contribution in [2.45, 2.75) is 63.3 Å². The Kier molecular flexibility index (Phi) is 6.14. The number of likely N-dealkylation sites (tertiary alicyclic amines) is 2. The summed E-state index contributed by atoms with van der Waals surface area (Å²) in [7, 11) is -1.68. The molecule has 24 heavy (non-hydrogen) atoms. The average molecular weight is 362 g/mol. The van der Waals surface area contributed by atoms with E-state index in [2.05, 4.69) is 9.62 Å². The van der Waals surface area contributed by atoms with E-state index >= 15 is 0 Å². The van der Waals surface area contributed by atoms with Crippen LogP contribution in [0.2, 0.25) is 0 Å². The summed E-state index contributed by atoms with van der Waals surface area (Å²) >= 11 is 0. The number of nitrogens with one attached hydrogen (secondary N) is 1. The van der Waals surface area contributed by atoms with Crippen molar-refractivity contribution in [2.24, 2.45) is 0 Å². The van der Waals surface area contributed by atoms with Gasteiger partial charge in [-0.1, -0.05) is 0 Å². The van der Waals surface area contributed by atoms with E-state index in [1.165, 1.54) is 7.05 Å². The summed E-state index contributed by atoms with van der Waals surface area (Å²) in [6.45, 7) is 8.65. The smallest absolute Gasteiger partial charge is 0.410 e. The van der Waals surface area contributed by atoms with Gasteiger partial charge >= 0.3 is 6.09 Å². The highest BCUT2D eigenvalue weighted by molar-refractivity contribution is 7.90. The van der Waals surface area contributed by atoms with Gasteiger partial charge in [-0.15, -0.1) is 0 Å². The molecule has 2 heterocycles. The first-order chi connectivity index (χ1) is 11.1. The molecule has 2 saturated heterocycles. The molecule has 0 spiro atoms. The van der Waals surface area contributed by atoms with Crippen molar-refractivity contribution in [3.63, 3.8) is 0 Å². The Labute approximate surface area is 145 Å². The summed E-state index contributed by atoms with van der Waals surface area (Å²) in [5.41, 5.74) is -0.464. The SMILES string of the molecule is CNS(=O)(=O)C1CCN(C2CCN(C(=O)OC(C)(C)C)CC2)CC1. The van der Waals surface area contributed by atoms with Crippen LogP contribution in [0.15, 0.2) is 0 Å². The van der Waals surface area contributed by atoms with Gasteiger partial charge in [0, 0.05) is 19.1 Å². The van der Waals surface area contributed by atoms with Crippen LogP contribution in [-0.4, -0.2) is 74.4 Å². The number of ether oxygens (including phenoxy) is 1. The molecule has 0 aromatic heterocycles. The van der Waals surface area contributed by atoms with E-state index in [0.717, 1.165) is 25.9 Å². The monoisotopic (exact) mass is 361 g/mol. The molecule has 0 aromatic carbocycles. The maximum atomic E-state index is 12.1. The van der Waals surface area contributed by atoms with Crippen molar-refractivity contribution in [3.8, 4) is 0 Å². The number of rotatable bonds is 3. The van der Waals surface area contributed by atoms with Gasteiger partial charge in [0.1, 0.15) is 5.60 Å². The molecule has 2 aliphatic heterocycles. The quantitative estimate of drug-likeness (QED) is 0.822. The second-order valence-corrected chi connectivity index (χ2v) is 9.85. The second kappa shape index (κ2) is 7.58. The predicted molar refractivity (Wildman–Crippen MR) is 93.4 cm³/mol. The molecule has 8 heteroatoms. The van der Waals surface area contributed by atoms with E-state index in [4.69, 9.17) is 4.74 Å². The first-order valence-corrected chi connectivity index (χ1v) is 10.3. The number of nitrogens with zero attached hydrogens (tertiary/aromatic N) is 2. The normalized spacial score (nSPS) is 22.6. The molecule has 2 aliphatic rings.